The van der Waals surface area contributed by atoms with Crippen molar-refractivity contribution < 1.29 is 0 Å². The Balaban J connectivity index is 2.86. The van der Waals surface area contributed by atoms with E-state index in [2.05, 4.69) is 41.8 Å². The normalized spacial score (nSPS) is 11.6. The van der Waals surface area contributed by atoms with E-state index < -0.39 is 0 Å². The third-order valence-corrected chi connectivity index (χ3v) is 2.30. The minimum absolute atomic E-state index is 0.0883. The molecule has 2 rings (SSSR count). The molecule has 0 radical (unpaired) electrons. The van der Waals surface area contributed by atoms with Crippen molar-refractivity contribution in [2.75, 3.05) is 0 Å². The van der Waals surface area contributed by atoms with Gasteiger partial charge in [0.2, 0.25) is 0 Å². The lowest BCUT2D eigenvalue weighted by Gasteiger charge is -2.18. The molecule has 0 spiro atoms. The van der Waals surface area contributed by atoms with Crippen molar-refractivity contribution in [3.8, 4) is 6.07 Å². The van der Waals surface area contributed by atoms with Crippen LogP contribution in [0.1, 0.15) is 32.0 Å². The Hall–Kier alpha value is -1.89. The summed E-state index contributed by atoms with van der Waals surface area (Å²) in [5, 5.41) is 9.83. The van der Waals surface area contributed by atoms with Gasteiger partial charge >= 0.3 is 0 Å². The fourth-order valence-electron chi connectivity index (χ4n) is 1.62. The fraction of sp³-hybridized carbons (Fsp3) is 0.364. The molecule has 0 fully saturated rings. The summed E-state index contributed by atoms with van der Waals surface area (Å²) in [6.45, 7) is 6.22. The van der Waals surface area contributed by atoms with E-state index in [4.69, 9.17) is 5.26 Å². The molecule has 2 heterocycles. The van der Waals surface area contributed by atoms with Crippen molar-refractivity contribution in [1.29, 1.82) is 5.26 Å². The van der Waals surface area contributed by atoms with E-state index in [1.165, 1.54) is 6.33 Å². The average molecular weight is 200 g/mol. The zero-order valence-corrected chi connectivity index (χ0v) is 9.00. The summed E-state index contributed by atoms with van der Waals surface area (Å²) < 4.78 is 0. The fourth-order valence-corrected chi connectivity index (χ4v) is 1.62. The van der Waals surface area contributed by atoms with Crippen LogP contribution < -0.4 is 0 Å². The van der Waals surface area contributed by atoms with E-state index in [1.54, 1.807) is 6.20 Å². The molecule has 4 nitrogen and oxygen atoms in total. The van der Waals surface area contributed by atoms with Crippen LogP contribution in [0.25, 0.3) is 11.0 Å². The van der Waals surface area contributed by atoms with Gasteiger partial charge < -0.3 is 4.98 Å². The lowest BCUT2D eigenvalue weighted by atomic mass is 9.89. The second-order valence-electron chi connectivity index (χ2n) is 4.51. The number of hydrogen-bond donors (Lipinski definition) is 1. The third kappa shape index (κ3) is 1.46. The SMILES string of the molecule is CC(C)(C)c1ncnc2[nH]cc(C#N)c12. The summed E-state index contributed by atoms with van der Waals surface area (Å²) in [6, 6.07) is 2.15. The first-order chi connectivity index (χ1) is 7.04. The maximum Gasteiger partial charge on any atom is 0.142 e. The van der Waals surface area contributed by atoms with E-state index in [0.29, 0.717) is 5.56 Å². The van der Waals surface area contributed by atoms with Gasteiger partial charge in [-0.3, -0.25) is 0 Å². The Morgan fingerprint density at radius 1 is 1.33 bits per heavy atom. The monoisotopic (exact) mass is 200 g/mol. The van der Waals surface area contributed by atoms with Crippen LogP contribution in [-0.4, -0.2) is 15.0 Å². The van der Waals surface area contributed by atoms with Crippen molar-refractivity contribution in [2.45, 2.75) is 26.2 Å². The summed E-state index contributed by atoms with van der Waals surface area (Å²) >= 11 is 0. The van der Waals surface area contributed by atoms with E-state index in [0.717, 1.165) is 16.7 Å². The number of H-pyrrole nitrogens is 1. The van der Waals surface area contributed by atoms with Gasteiger partial charge in [-0.1, -0.05) is 20.8 Å². The van der Waals surface area contributed by atoms with Gasteiger partial charge in [0.25, 0.3) is 0 Å². The van der Waals surface area contributed by atoms with Crippen molar-refractivity contribution in [1.82, 2.24) is 15.0 Å². The molecule has 0 saturated heterocycles. The van der Waals surface area contributed by atoms with Crippen LogP contribution in [0.4, 0.5) is 0 Å². The predicted molar refractivity (Wildman–Crippen MR) is 57.3 cm³/mol. The summed E-state index contributed by atoms with van der Waals surface area (Å²) in [4.78, 5) is 11.4. The predicted octanol–water partition coefficient (Wildman–Crippen LogP) is 2.13. The molecule has 0 aromatic carbocycles. The number of aromatic nitrogens is 3. The number of nitrogens with one attached hydrogen (secondary N) is 1. The first kappa shape index (κ1) is 9.66. The van der Waals surface area contributed by atoms with Gasteiger partial charge in [0.05, 0.1) is 16.6 Å². The Bertz CT molecular complexity index is 540. The largest absolute Gasteiger partial charge is 0.345 e. The molecule has 15 heavy (non-hydrogen) atoms. The average Bonchev–Trinajstić information content (AvgIpc) is 2.58. The van der Waals surface area contributed by atoms with E-state index >= 15 is 0 Å². The molecule has 0 aliphatic rings. The molecular formula is C11H12N4. The van der Waals surface area contributed by atoms with Crippen molar-refractivity contribution in [3.05, 3.63) is 23.8 Å². The second-order valence-corrected chi connectivity index (χ2v) is 4.51. The van der Waals surface area contributed by atoms with Crippen LogP contribution >= 0.6 is 0 Å². The number of fused-ring (bicyclic) bond motifs is 1. The molecule has 0 amide bonds. The maximum absolute atomic E-state index is 8.99. The standard InChI is InChI=1S/C11H12N4/c1-11(2,3)9-8-7(4-12)5-13-10(8)15-6-14-9/h5-6H,1-3H3,(H,13,14,15). The molecule has 4 heteroatoms. The Morgan fingerprint density at radius 3 is 2.67 bits per heavy atom. The summed E-state index contributed by atoms with van der Waals surface area (Å²) in [7, 11) is 0. The van der Waals surface area contributed by atoms with Crippen LogP contribution in [0.5, 0.6) is 0 Å². The highest BCUT2D eigenvalue weighted by Crippen LogP contribution is 2.28. The molecule has 2 aromatic rings. The summed E-state index contributed by atoms with van der Waals surface area (Å²) in [5.41, 5.74) is 2.15. The van der Waals surface area contributed by atoms with Gasteiger partial charge in [0.15, 0.2) is 0 Å². The van der Waals surface area contributed by atoms with Crippen LogP contribution in [0.3, 0.4) is 0 Å². The Kier molecular flexibility index (Phi) is 1.97. The highest BCUT2D eigenvalue weighted by molar-refractivity contribution is 5.85. The summed E-state index contributed by atoms with van der Waals surface area (Å²) in [6.07, 6.45) is 3.20. The van der Waals surface area contributed by atoms with Crippen LogP contribution in [0.2, 0.25) is 0 Å². The van der Waals surface area contributed by atoms with E-state index in [-0.39, 0.29) is 5.41 Å². The van der Waals surface area contributed by atoms with Gasteiger partial charge in [-0.25, -0.2) is 9.97 Å². The molecule has 0 atom stereocenters. The van der Waals surface area contributed by atoms with Crippen molar-refractivity contribution in [3.63, 3.8) is 0 Å². The number of aromatic amines is 1. The van der Waals surface area contributed by atoms with Crippen LogP contribution in [0.15, 0.2) is 12.5 Å². The maximum atomic E-state index is 8.99. The Labute approximate surface area is 88.0 Å². The zero-order chi connectivity index (χ0) is 11.1. The van der Waals surface area contributed by atoms with Crippen molar-refractivity contribution in [2.24, 2.45) is 0 Å². The van der Waals surface area contributed by atoms with Crippen LogP contribution in [-0.2, 0) is 5.41 Å². The minimum Gasteiger partial charge on any atom is -0.345 e. The smallest absolute Gasteiger partial charge is 0.142 e. The topological polar surface area (TPSA) is 65.4 Å². The highest BCUT2D eigenvalue weighted by Gasteiger charge is 2.21. The first-order valence-electron chi connectivity index (χ1n) is 4.76. The minimum atomic E-state index is -0.0883. The Morgan fingerprint density at radius 2 is 2.07 bits per heavy atom. The summed E-state index contributed by atoms with van der Waals surface area (Å²) in [5.74, 6) is 0. The highest BCUT2D eigenvalue weighted by atomic mass is 14.9. The lowest BCUT2D eigenvalue weighted by Crippen LogP contribution is -2.14. The zero-order valence-electron chi connectivity index (χ0n) is 9.00. The number of rotatable bonds is 0. The van der Waals surface area contributed by atoms with Gasteiger partial charge in [-0.05, 0) is 0 Å². The van der Waals surface area contributed by atoms with E-state index in [9.17, 15) is 0 Å². The second kappa shape index (κ2) is 3.06. The molecule has 0 saturated carbocycles. The number of hydrogen-bond acceptors (Lipinski definition) is 3. The van der Waals surface area contributed by atoms with Crippen LogP contribution in [0, 0.1) is 11.3 Å². The molecule has 76 valence electrons. The van der Waals surface area contributed by atoms with Crippen molar-refractivity contribution >= 4 is 11.0 Å². The molecule has 0 bridgehead atoms. The molecule has 0 aliphatic carbocycles. The van der Waals surface area contributed by atoms with Gasteiger partial charge in [-0.2, -0.15) is 5.26 Å². The van der Waals surface area contributed by atoms with E-state index in [1.807, 2.05) is 0 Å². The number of nitrogens with zero attached hydrogens (tertiary/aromatic N) is 3. The molecular weight excluding hydrogens is 188 g/mol. The molecule has 0 unspecified atom stereocenters. The van der Waals surface area contributed by atoms with Gasteiger partial charge in [0, 0.05) is 11.6 Å². The quantitative estimate of drug-likeness (QED) is 0.708. The number of nitriles is 1. The lowest BCUT2D eigenvalue weighted by molar-refractivity contribution is 0.574. The molecule has 2 aromatic heterocycles. The molecule has 0 aliphatic heterocycles. The third-order valence-electron chi connectivity index (χ3n) is 2.30. The van der Waals surface area contributed by atoms with Gasteiger partial charge in [-0.15, -0.1) is 0 Å². The molecule has 1 N–H and O–H groups in total. The first-order valence-corrected chi connectivity index (χ1v) is 4.76. The van der Waals surface area contributed by atoms with Gasteiger partial charge in [0.1, 0.15) is 18.0 Å².